The van der Waals surface area contributed by atoms with E-state index in [1.165, 1.54) is 10.9 Å². The van der Waals surface area contributed by atoms with Gasteiger partial charge in [-0.2, -0.15) is 0 Å². The van der Waals surface area contributed by atoms with Crippen molar-refractivity contribution in [1.82, 2.24) is 24.1 Å². The second-order valence-electron chi connectivity index (χ2n) is 8.52. The van der Waals surface area contributed by atoms with Crippen LogP contribution in [0.1, 0.15) is 24.8 Å². The number of nitrogens with two attached hydrogens (primary N) is 1. The maximum absolute atomic E-state index is 13.6. The molecule has 0 saturated heterocycles. The summed E-state index contributed by atoms with van der Waals surface area (Å²) in [6, 6.07) is 7.87. The number of aromatic nitrogens is 5. The van der Waals surface area contributed by atoms with Crippen LogP contribution in [0.3, 0.4) is 0 Å². The van der Waals surface area contributed by atoms with E-state index < -0.39 is 12.2 Å². The molecule has 0 aliphatic heterocycles. The molecule has 11 nitrogen and oxygen atoms in total. The van der Waals surface area contributed by atoms with Crippen LogP contribution in [0.2, 0.25) is 0 Å². The summed E-state index contributed by atoms with van der Waals surface area (Å²) in [7, 11) is 1.71. The van der Waals surface area contributed by atoms with Crippen LogP contribution in [0, 0.1) is 0 Å². The number of ether oxygens (including phenoxy) is 1. The van der Waals surface area contributed by atoms with Crippen molar-refractivity contribution in [3.05, 3.63) is 65.0 Å². The molecule has 1 aliphatic carbocycles. The lowest BCUT2D eigenvalue weighted by Gasteiger charge is -2.15. The molecule has 0 aromatic carbocycles. The number of fused-ring (bicyclic) bond motifs is 1. The van der Waals surface area contributed by atoms with E-state index in [0.29, 0.717) is 47.7 Å². The molecule has 1 saturated carbocycles. The number of hydrogen-bond donors (Lipinski definition) is 3. The van der Waals surface area contributed by atoms with E-state index in [1.807, 2.05) is 0 Å². The SMILES string of the molecule is CNc1cc(Nc2cc(COC3CCC(F)C3)cn(-c3ccccn3)c2=O)nc2c1ncn2C(N)=O. The summed E-state index contributed by atoms with van der Waals surface area (Å²) in [5.74, 6) is 0.733. The van der Waals surface area contributed by atoms with E-state index in [1.54, 1.807) is 49.8 Å². The van der Waals surface area contributed by atoms with Crippen LogP contribution < -0.4 is 21.9 Å². The van der Waals surface area contributed by atoms with Gasteiger partial charge in [0.1, 0.15) is 35.3 Å². The Bertz CT molecular complexity index is 1470. The van der Waals surface area contributed by atoms with E-state index in [4.69, 9.17) is 10.5 Å². The highest BCUT2D eigenvalue weighted by Gasteiger charge is 2.25. The molecule has 5 rings (SSSR count). The molecular weight excluding hydrogens is 467 g/mol. The number of hydrogen-bond acceptors (Lipinski definition) is 8. The molecule has 36 heavy (non-hydrogen) atoms. The van der Waals surface area contributed by atoms with Gasteiger partial charge in [0.15, 0.2) is 5.65 Å². The molecule has 1 fully saturated rings. The number of imidazole rings is 1. The molecule has 0 bridgehead atoms. The number of halogens is 1. The van der Waals surface area contributed by atoms with Crippen LogP contribution >= 0.6 is 0 Å². The van der Waals surface area contributed by atoms with Crippen molar-refractivity contribution in [3.63, 3.8) is 0 Å². The number of pyridine rings is 3. The molecule has 4 heterocycles. The monoisotopic (exact) mass is 492 g/mol. The quantitative estimate of drug-likeness (QED) is 0.357. The number of alkyl halides is 1. The van der Waals surface area contributed by atoms with E-state index in [2.05, 4.69) is 25.6 Å². The number of nitrogens with zero attached hydrogens (tertiary/aromatic N) is 5. The summed E-state index contributed by atoms with van der Waals surface area (Å²) in [5.41, 5.74) is 7.29. The van der Waals surface area contributed by atoms with Crippen molar-refractivity contribution in [3.8, 4) is 5.82 Å². The van der Waals surface area contributed by atoms with Crippen LogP contribution in [-0.2, 0) is 11.3 Å². The Morgan fingerprint density at radius 2 is 2.11 bits per heavy atom. The minimum Gasteiger partial charge on any atom is -0.386 e. The van der Waals surface area contributed by atoms with E-state index in [-0.39, 0.29) is 29.6 Å². The van der Waals surface area contributed by atoms with Crippen molar-refractivity contribution in [2.24, 2.45) is 5.73 Å². The average Bonchev–Trinajstić information content (AvgIpc) is 3.50. The Hall–Kier alpha value is -4.32. The predicted molar refractivity (Wildman–Crippen MR) is 132 cm³/mol. The molecular formula is C24H25FN8O3. The first-order valence-corrected chi connectivity index (χ1v) is 11.5. The fourth-order valence-electron chi connectivity index (χ4n) is 4.27. The number of nitrogens with one attached hydrogen (secondary N) is 2. The van der Waals surface area contributed by atoms with Gasteiger partial charge in [0.25, 0.3) is 5.56 Å². The maximum atomic E-state index is 13.6. The topological polar surface area (TPSA) is 142 Å². The summed E-state index contributed by atoms with van der Waals surface area (Å²) in [6.07, 6.45) is 5.07. The first kappa shape index (κ1) is 23.4. The second-order valence-corrected chi connectivity index (χ2v) is 8.52. The van der Waals surface area contributed by atoms with Crippen molar-refractivity contribution < 1.29 is 13.9 Å². The zero-order valence-electron chi connectivity index (χ0n) is 19.5. The minimum atomic E-state index is -0.842. The Morgan fingerprint density at radius 1 is 1.25 bits per heavy atom. The van der Waals surface area contributed by atoms with Gasteiger partial charge >= 0.3 is 6.03 Å². The summed E-state index contributed by atoms with van der Waals surface area (Å²) in [6.45, 7) is 0.196. The lowest BCUT2D eigenvalue weighted by Crippen LogP contribution is -2.23. The van der Waals surface area contributed by atoms with Crippen molar-refractivity contribution in [2.45, 2.75) is 38.1 Å². The highest BCUT2D eigenvalue weighted by molar-refractivity contribution is 5.94. The number of carbonyl (C=O) groups is 1. The molecule has 4 aromatic rings. The summed E-state index contributed by atoms with van der Waals surface area (Å²) in [4.78, 5) is 38.2. The van der Waals surface area contributed by atoms with Gasteiger partial charge in [-0.15, -0.1) is 0 Å². The Morgan fingerprint density at radius 3 is 2.81 bits per heavy atom. The molecule has 2 unspecified atom stereocenters. The van der Waals surface area contributed by atoms with Crippen LogP contribution in [0.5, 0.6) is 0 Å². The first-order valence-electron chi connectivity index (χ1n) is 11.5. The molecule has 186 valence electrons. The van der Waals surface area contributed by atoms with Gasteiger partial charge in [-0.25, -0.2) is 28.7 Å². The molecule has 0 spiro atoms. The molecule has 4 N–H and O–H groups in total. The summed E-state index contributed by atoms with van der Waals surface area (Å²) in [5, 5.41) is 6.07. The van der Waals surface area contributed by atoms with Crippen molar-refractivity contribution in [1.29, 1.82) is 0 Å². The Kier molecular flexibility index (Phi) is 6.34. The molecule has 1 amide bonds. The van der Waals surface area contributed by atoms with Crippen LogP contribution in [0.4, 0.5) is 26.4 Å². The largest absolute Gasteiger partial charge is 0.386 e. The van der Waals surface area contributed by atoms with Crippen molar-refractivity contribution >= 4 is 34.4 Å². The molecule has 1 aliphatic rings. The highest BCUT2D eigenvalue weighted by atomic mass is 19.1. The Labute approximate surface area is 205 Å². The number of primary amides is 1. The number of anilines is 3. The zero-order chi connectivity index (χ0) is 25.2. The standard InChI is InChI=1S/C24H25FN8O3/c1-27-17-10-19(31-22-21(17)29-13-33(22)24(26)35)30-18-8-14(12-36-16-6-5-15(25)9-16)11-32(23(18)34)20-4-2-3-7-28-20/h2-4,7-8,10-11,13,15-16H,5-6,9,12H2,1H3,(H2,26,35)(H2,27,30,31). The zero-order valence-corrected chi connectivity index (χ0v) is 19.5. The van der Waals surface area contributed by atoms with Crippen LogP contribution in [-0.4, -0.2) is 49.4 Å². The van der Waals surface area contributed by atoms with Crippen LogP contribution in [0.25, 0.3) is 17.0 Å². The van der Waals surface area contributed by atoms with Gasteiger partial charge in [0.2, 0.25) is 0 Å². The number of amides is 1. The Balaban J connectivity index is 1.54. The van der Waals surface area contributed by atoms with Crippen LogP contribution in [0.15, 0.2) is 53.8 Å². The normalized spacial score (nSPS) is 17.4. The first-order chi connectivity index (χ1) is 17.4. The molecule has 12 heteroatoms. The van der Waals surface area contributed by atoms with Gasteiger partial charge in [-0.05, 0) is 36.6 Å². The van der Waals surface area contributed by atoms with Gasteiger partial charge in [-0.3, -0.25) is 9.36 Å². The summed E-state index contributed by atoms with van der Waals surface area (Å²) < 4.78 is 22.0. The van der Waals surface area contributed by atoms with Gasteiger partial charge < -0.3 is 21.1 Å². The highest BCUT2D eigenvalue weighted by Crippen LogP contribution is 2.27. The molecule has 4 aromatic heterocycles. The third-order valence-corrected chi connectivity index (χ3v) is 6.05. The fraction of sp³-hybridized carbons (Fsp3) is 0.292. The minimum absolute atomic E-state index is 0.164. The van der Waals surface area contributed by atoms with E-state index in [9.17, 15) is 14.0 Å². The predicted octanol–water partition coefficient (Wildman–Crippen LogP) is 3.10. The maximum Gasteiger partial charge on any atom is 0.325 e. The van der Waals surface area contributed by atoms with Gasteiger partial charge in [0, 0.05) is 31.9 Å². The lowest BCUT2D eigenvalue weighted by molar-refractivity contribution is 0.0412. The van der Waals surface area contributed by atoms with E-state index >= 15 is 0 Å². The third kappa shape index (κ3) is 4.62. The fourth-order valence-corrected chi connectivity index (χ4v) is 4.27. The van der Waals surface area contributed by atoms with Crippen molar-refractivity contribution in [2.75, 3.05) is 17.7 Å². The third-order valence-electron chi connectivity index (χ3n) is 6.05. The molecule has 2 atom stereocenters. The average molecular weight is 493 g/mol. The lowest BCUT2D eigenvalue weighted by atomic mass is 10.2. The second kappa shape index (κ2) is 9.74. The number of carbonyl (C=O) groups excluding carboxylic acids is 1. The van der Waals surface area contributed by atoms with E-state index in [0.717, 1.165) is 4.57 Å². The van der Waals surface area contributed by atoms with Gasteiger partial charge in [-0.1, -0.05) is 6.07 Å². The smallest absolute Gasteiger partial charge is 0.325 e. The molecule has 0 radical (unpaired) electrons. The van der Waals surface area contributed by atoms with Gasteiger partial charge in [0.05, 0.1) is 18.4 Å². The summed E-state index contributed by atoms with van der Waals surface area (Å²) >= 11 is 0. The number of rotatable bonds is 7.